The monoisotopic (exact) mass is 504 g/mol. The van der Waals surface area contributed by atoms with Gasteiger partial charge in [-0.15, -0.1) is 0 Å². The molecule has 7 heteroatoms. The Labute approximate surface area is 220 Å². The van der Waals surface area contributed by atoms with Crippen molar-refractivity contribution >= 4 is 11.8 Å². The number of aromatic nitrogens is 1. The smallest absolute Gasteiger partial charge is 0.286 e. The normalized spacial score (nSPS) is 16.0. The summed E-state index contributed by atoms with van der Waals surface area (Å²) in [6.07, 6.45) is 7.66. The van der Waals surface area contributed by atoms with Crippen LogP contribution >= 0.6 is 0 Å². The minimum absolute atomic E-state index is 0.0295. The maximum Gasteiger partial charge on any atom is 0.286 e. The van der Waals surface area contributed by atoms with E-state index >= 15 is 0 Å². The maximum atomic E-state index is 13.1. The van der Waals surface area contributed by atoms with Crippen molar-refractivity contribution in [3.8, 4) is 0 Å². The lowest BCUT2D eigenvalue weighted by atomic mass is 10.0. The van der Waals surface area contributed by atoms with Gasteiger partial charge in [-0.2, -0.15) is 0 Å². The quantitative estimate of drug-likeness (QED) is 0.345. The van der Waals surface area contributed by atoms with E-state index in [9.17, 15) is 9.59 Å². The molecule has 0 aliphatic carbocycles. The minimum Gasteiger partial charge on any atom is -0.454 e. The highest BCUT2D eigenvalue weighted by molar-refractivity contribution is 5.94. The van der Waals surface area contributed by atoms with E-state index in [2.05, 4.69) is 28.6 Å². The van der Waals surface area contributed by atoms with Crippen LogP contribution in [0.4, 0.5) is 0 Å². The summed E-state index contributed by atoms with van der Waals surface area (Å²) in [7, 11) is 0. The van der Waals surface area contributed by atoms with Gasteiger partial charge in [-0.1, -0.05) is 31.5 Å². The molecule has 7 nitrogen and oxygen atoms in total. The number of hydrogen-bond acceptors (Lipinski definition) is 4. The molecule has 4 rings (SSSR count). The number of benzene rings is 1. The second-order valence-corrected chi connectivity index (χ2v) is 9.98. The van der Waals surface area contributed by atoms with Gasteiger partial charge in [0.15, 0.2) is 5.76 Å². The van der Waals surface area contributed by atoms with E-state index in [-0.39, 0.29) is 11.8 Å². The molecule has 1 atom stereocenters. The number of amides is 2. The number of likely N-dealkylation sites (tertiary alicyclic amines) is 1. The van der Waals surface area contributed by atoms with Crippen molar-refractivity contribution in [1.82, 2.24) is 19.7 Å². The summed E-state index contributed by atoms with van der Waals surface area (Å²) < 4.78 is 7.95. The van der Waals surface area contributed by atoms with Gasteiger partial charge in [0.05, 0.1) is 13.1 Å². The van der Waals surface area contributed by atoms with Gasteiger partial charge < -0.3 is 24.1 Å². The number of carbonyl (C=O) groups excluding carboxylic acids is 2. The largest absolute Gasteiger partial charge is 0.454 e. The van der Waals surface area contributed by atoms with Crippen LogP contribution in [0.3, 0.4) is 0 Å². The molecule has 0 radical (unpaired) electrons. The number of nitrogens with one attached hydrogen (secondary N) is 1. The minimum atomic E-state index is -0.173. The summed E-state index contributed by atoms with van der Waals surface area (Å²) in [5.41, 5.74) is 1.72. The molecule has 198 valence electrons. The topological polar surface area (TPSA) is 70.7 Å². The van der Waals surface area contributed by atoms with Crippen molar-refractivity contribution in [2.24, 2.45) is 0 Å². The first-order chi connectivity index (χ1) is 18.0. The molecular weight excluding hydrogens is 464 g/mol. The molecule has 3 heterocycles. The molecule has 1 aliphatic heterocycles. The van der Waals surface area contributed by atoms with E-state index in [1.54, 1.807) is 6.07 Å². The van der Waals surface area contributed by atoms with Gasteiger partial charge in [0.2, 0.25) is 0 Å². The first-order valence-electron chi connectivity index (χ1n) is 13.6. The fourth-order valence-corrected chi connectivity index (χ4v) is 5.04. The Bertz CT molecular complexity index is 1140. The molecule has 2 amide bonds. The van der Waals surface area contributed by atoms with Gasteiger partial charge in [-0.3, -0.25) is 9.59 Å². The van der Waals surface area contributed by atoms with Crippen LogP contribution in [0.25, 0.3) is 0 Å². The third-order valence-electron chi connectivity index (χ3n) is 7.14. The molecule has 1 N–H and O–H groups in total. The highest BCUT2D eigenvalue weighted by Gasteiger charge is 2.19. The summed E-state index contributed by atoms with van der Waals surface area (Å²) in [6, 6.07) is 17.6. The Morgan fingerprint density at radius 1 is 1.08 bits per heavy atom. The SMILES string of the molecule is CCCN(Cc1cccn1Cc1ccc(C(=O)NCCCN2CCCCC2C)o1)C(=O)c1ccccc1. The second kappa shape index (κ2) is 13.3. The molecule has 1 saturated heterocycles. The number of nitrogens with zero attached hydrogens (tertiary/aromatic N) is 3. The van der Waals surface area contributed by atoms with Gasteiger partial charge >= 0.3 is 0 Å². The third-order valence-corrected chi connectivity index (χ3v) is 7.14. The molecular formula is C30H40N4O3. The van der Waals surface area contributed by atoms with E-state index in [4.69, 9.17) is 4.42 Å². The van der Waals surface area contributed by atoms with E-state index in [1.807, 2.05) is 59.6 Å². The van der Waals surface area contributed by atoms with Crippen molar-refractivity contribution in [2.45, 2.75) is 65.1 Å². The van der Waals surface area contributed by atoms with Crippen LogP contribution in [0.1, 0.15) is 78.3 Å². The first-order valence-corrected chi connectivity index (χ1v) is 13.6. The van der Waals surface area contributed by atoms with Gasteiger partial charge in [-0.25, -0.2) is 0 Å². The Morgan fingerprint density at radius 2 is 1.92 bits per heavy atom. The third kappa shape index (κ3) is 7.35. The lowest BCUT2D eigenvalue weighted by Crippen LogP contribution is -2.39. The maximum absolute atomic E-state index is 13.1. The summed E-state index contributed by atoms with van der Waals surface area (Å²) in [4.78, 5) is 30.1. The highest BCUT2D eigenvalue weighted by Crippen LogP contribution is 2.17. The molecule has 1 aromatic carbocycles. The zero-order valence-corrected chi connectivity index (χ0v) is 22.2. The molecule has 3 aromatic rings. The molecule has 2 aromatic heterocycles. The van der Waals surface area contributed by atoms with Crippen LogP contribution in [-0.4, -0.2) is 58.4 Å². The van der Waals surface area contributed by atoms with Gasteiger partial charge in [0, 0.05) is 43.1 Å². The van der Waals surface area contributed by atoms with Crippen LogP contribution in [0.2, 0.25) is 0 Å². The van der Waals surface area contributed by atoms with E-state index in [1.165, 1.54) is 19.3 Å². The lowest BCUT2D eigenvalue weighted by Gasteiger charge is -2.33. The fourth-order valence-electron chi connectivity index (χ4n) is 5.04. The van der Waals surface area contributed by atoms with Crippen LogP contribution in [0, 0.1) is 0 Å². The fraction of sp³-hybridized carbons (Fsp3) is 0.467. The van der Waals surface area contributed by atoms with Crippen molar-refractivity contribution in [3.63, 3.8) is 0 Å². The predicted molar refractivity (Wildman–Crippen MR) is 146 cm³/mol. The summed E-state index contributed by atoms with van der Waals surface area (Å²) >= 11 is 0. The van der Waals surface area contributed by atoms with Crippen molar-refractivity contribution in [3.05, 3.63) is 83.6 Å². The zero-order chi connectivity index (χ0) is 26.0. The number of furan rings is 1. The number of piperidine rings is 1. The molecule has 1 unspecified atom stereocenters. The molecule has 0 saturated carbocycles. The lowest BCUT2D eigenvalue weighted by molar-refractivity contribution is 0.0739. The Kier molecular flexibility index (Phi) is 9.60. The molecule has 0 bridgehead atoms. The molecule has 1 aliphatic rings. The average Bonchev–Trinajstić information content (AvgIpc) is 3.57. The second-order valence-electron chi connectivity index (χ2n) is 9.98. The summed E-state index contributed by atoms with van der Waals surface area (Å²) in [5, 5.41) is 2.99. The standard InChI is InChI=1S/C30H40N4O3/c1-3-18-34(30(36)25-12-5-4-6-13-25)22-26-14-9-20-33(26)23-27-15-16-28(37-27)29(35)31-17-10-21-32-19-8-7-11-24(32)2/h4-6,9,12-16,20,24H,3,7-8,10-11,17-19,21-23H2,1-2H3,(H,31,35). The van der Waals surface area contributed by atoms with Gasteiger partial charge in [0.1, 0.15) is 5.76 Å². The highest BCUT2D eigenvalue weighted by atomic mass is 16.4. The van der Waals surface area contributed by atoms with E-state index in [0.717, 1.165) is 31.6 Å². The number of carbonyl (C=O) groups is 2. The van der Waals surface area contributed by atoms with Gasteiger partial charge in [0.25, 0.3) is 11.8 Å². The Morgan fingerprint density at radius 3 is 2.70 bits per heavy atom. The first kappa shape index (κ1) is 26.7. The summed E-state index contributed by atoms with van der Waals surface area (Å²) in [5.74, 6) is 0.901. The van der Waals surface area contributed by atoms with E-state index < -0.39 is 0 Å². The summed E-state index contributed by atoms with van der Waals surface area (Å²) in [6.45, 7) is 8.88. The van der Waals surface area contributed by atoms with Crippen molar-refractivity contribution in [2.75, 3.05) is 26.2 Å². The van der Waals surface area contributed by atoms with Gasteiger partial charge in [-0.05, 0) is 75.5 Å². The van der Waals surface area contributed by atoms with Crippen LogP contribution < -0.4 is 5.32 Å². The zero-order valence-electron chi connectivity index (χ0n) is 22.2. The molecule has 1 fully saturated rings. The van der Waals surface area contributed by atoms with Crippen molar-refractivity contribution in [1.29, 1.82) is 0 Å². The Hall–Kier alpha value is -3.32. The van der Waals surface area contributed by atoms with Crippen LogP contribution in [0.5, 0.6) is 0 Å². The van der Waals surface area contributed by atoms with Crippen LogP contribution in [0.15, 0.2) is 65.2 Å². The number of rotatable bonds is 12. The average molecular weight is 505 g/mol. The predicted octanol–water partition coefficient (Wildman–Crippen LogP) is 5.18. The molecule has 37 heavy (non-hydrogen) atoms. The van der Waals surface area contributed by atoms with Crippen molar-refractivity contribution < 1.29 is 14.0 Å². The number of hydrogen-bond donors (Lipinski definition) is 1. The van der Waals surface area contributed by atoms with Crippen LogP contribution in [-0.2, 0) is 13.1 Å². The molecule has 0 spiro atoms. The Balaban J connectivity index is 1.30. The van der Waals surface area contributed by atoms with E-state index in [0.29, 0.717) is 49.3 Å².